The Morgan fingerprint density at radius 1 is 1.61 bits per heavy atom. The van der Waals surface area contributed by atoms with Crippen LogP contribution in [0.1, 0.15) is 36.5 Å². The van der Waals surface area contributed by atoms with Gasteiger partial charge in [-0.05, 0) is 31.2 Å². The summed E-state index contributed by atoms with van der Waals surface area (Å²) in [6.45, 7) is 3.97. The molecule has 5 heteroatoms. The second-order valence-corrected chi connectivity index (χ2v) is 5.13. The molecule has 4 nitrogen and oxygen atoms in total. The molecule has 0 spiro atoms. The molecule has 1 aliphatic rings. The monoisotopic (exact) mass is 268 g/mol. The van der Waals surface area contributed by atoms with Crippen molar-refractivity contribution in [3.63, 3.8) is 0 Å². The molecule has 1 saturated carbocycles. The minimum Gasteiger partial charge on any atom is -0.478 e. The summed E-state index contributed by atoms with van der Waals surface area (Å²) in [7, 11) is 0. The lowest BCUT2D eigenvalue weighted by molar-refractivity contribution is 0.0696. The van der Waals surface area contributed by atoms with E-state index >= 15 is 0 Å². The van der Waals surface area contributed by atoms with Gasteiger partial charge in [0, 0.05) is 19.3 Å². The van der Waals surface area contributed by atoms with Crippen molar-refractivity contribution < 1.29 is 9.90 Å². The highest BCUT2D eigenvalue weighted by Crippen LogP contribution is 2.33. The van der Waals surface area contributed by atoms with Gasteiger partial charge in [-0.15, -0.1) is 0 Å². The van der Waals surface area contributed by atoms with Gasteiger partial charge in [0.15, 0.2) is 0 Å². The van der Waals surface area contributed by atoms with Gasteiger partial charge in [0.05, 0.1) is 10.6 Å². The Kier molecular flexibility index (Phi) is 4.07. The van der Waals surface area contributed by atoms with Crippen LogP contribution in [0.25, 0.3) is 0 Å². The zero-order valence-corrected chi connectivity index (χ0v) is 11.2. The number of rotatable bonds is 6. The first-order chi connectivity index (χ1) is 8.61. The quantitative estimate of drug-likeness (QED) is 0.862. The molecule has 0 aliphatic heterocycles. The first-order valence-corrected chi connectivity index (χ1v) is 6.63. The number of carbonyl (C=O) groups is 1. The van der Waals surface area contributed by atoms with Crippen LogP contribution in [0, 0.1) is 5.92 Å². The molecule has 0 aromatic carbocycles. The van der Waals surface area contributed by atoms with Crippen molar-refractivity contribution >= 4 is 23.4 Å². The van der Waals surface area contributed by atoms with Gasteiger partial charge in [0.25, 0.3) is 0 Å². The van der Waals surface area contributed by atoms with Crippen molar-refractivity contribution in [2.24, 2.45) is 5.92 Å². The smallest absolute Gasteiger partial charge is 0.337 e. The Hall–Kier alpha value is -1.29. The highest BCUT2D eigenvalue weighted by atomic mass is 35.5. The first kappa shape index (κ1) is 13.1. The minimum absolute atomic E-state index is 0.131. The summed E-state index contributed by atoms with van der Waals surface area (Å²) in [5, 5.41) is 9.31. The van der Waals surface area contributed by atoms with Crippen LogP contribution < -0.4 is 4.90 Å². The van der Waals surface area contributed by atoms with Crippen molar-refractivity contribution in [2.45, 2.75) is 26.2 Å². The fraction of sp³-hybridized carbons (Fsp3) is 0.538. The maximum atomic E-state index is 10.8. The number of pyridine rings is 1. The van der Waals surface area contributed by atoms with E-state index in [1.807, 2.05) is 0 Å². The lowest BCUT2D eigenvalue weighted by Crippen LogP contribution is -2.27. The molecule has 1 heterocycles. The molecule has 0 atom stereocenters. The van der Waals surface area contributed by atoms with Crippen molar-refractivity contribution in [1.82, 2.24) is 4.98 Å². The third-order valence-electron chi connectivity index (χ3n) is 3.04. The second-order valence-electron chi connectivity index (χ2n) is 4.72. The van der Waals surface area contributed by atoms with Crippen molar-refractivity contribution in [2.75, 3.05) is 18.0 Å². The molecule has 2 rings (SSSR count). The molecule has 1 N–H and O–H groups in total. The summed E-state index contributed by atoms with van der Waals surface area (Å²) < 4.78 is 0. The fourth-order valence-electron chi connectivity index (χ4n) is 1.95. The number of hydrogen-bond acceptors (Lipinski definition) is 3. The molecule has 0 unspecified atom stereocenters. The van der Waals surface area contributed by atoms with Crippen LogP contribution in [0.5, 0.6) is 0 Å². The molecule has 1 aromatic heterocycles. The third kappa shape index (κ3) is 3.13. The molecule has 0 saturated heterocycles. The minimum atomic E-state index is -1.000. The topological polar surface area (TPSA) is 53.4 Å². The number of carboxylic acids is 1. The van der Waals surface area contributed by atoms with Gasteiger partial charge >= 0.3 is 5.97 Å². The molecular weight excluding hydrogens is 252 g/mol. The number of carboxylic acid groups (broad SMARTS) is 1. The van der Waals surface area contributed by atoms with E-state index < -0.39 is 5.97 Å². The molecule has 0 radical (unpaired) electrons. The number of aromatic carboxylic acids is 1. The summed E-state index contributed by atoms with van der Waals surface area (Å²) in [6, 6.07) is 1.47. The standard InChI is InChI=1S/C13H17ClN2O2/c1-2-5-16(8-9-3-4-9)12-11(14)6-10(7-15-12)13(17)18/h6-7,9H,2-5,8H2,1H3,(H,17,18). The number of aromatic nitrogens is 1. The Morgan fingerprint density at radius 3 is 2.83 bits per heavy atom. The fourth-order valence-corrected chi connectivity index (χ4v) is 2.23. The summed E-state index contributed by atoms with van der Waals surface area (Å²) in [6.07, 6.45) is 4.93. The van der Waals surface area contributed by atoms with Gasteiger partial charge in [-0.1, -0.05) is 18.5 Å². The van der Waals surface area contributed by atoms with E-state index in [-0.39, 0.29) is 5.56 Å². The highest BCUT2D eigenvalue weighted by Gasteiger charge is 2.25. The van der Waals surface area contributed by atoms with Crippen LogP contribution in [0.3, 0.4) is 0 Å². The van der Waals surface area contributed by atoms with E-state index in [1.165, 1.54) is 25.1 Å². The lowest BCUT2D eigenvalue weighted by Gasteiger charge is -2.24. The summed E-state index contributed by atoms with van der Waals surface area (Å²) in [4.78, 5) is 17.2. The maximum absolute atomic E-state index is 10.8. The number of hydrogen-bond donors (Lipinski definition) is 1. The SMILES string of the molecule is CCCN(CC1CC1)c1ncc(C(=O)O)cc1Cl. The van der Waals surface area contributed by atoms with Gasteiger partial charge in [0.1, 0.15) is 5.82 Å². The lowest BCUT2D eigenvalue weighted by atomic mass is 10.2. The van der Waals surface area contributed by atoms with Crippen LogP contribution in [-0.4, -0.2) is 29.1 Å². The number of halogens is 1. The largest absolute Gasteiger partial charge is 0.478 e. The molecule has 1 aliphatic carbocycles. The molecular formula is C13H17ClN2O2. The van der Waals surface area contributed by atoms with Crippen LogP contribution in [0.4, 0.5) is 5.82 Å². The number of nitrogens with zero attached hydrogens (tertiary/aromatic N) is 2. The molecule has 0 bridgehead atoms. The average molecular weight is 269 g/mol. The average Bonchev–Trinajstić information content (AvgIpc) is 3.12. The molecule has 1 fully saturated rings. The maximum Gasteiger partial charge on any atom is 0.337 e. The van der Waals surface area contributed by atoms with E-state index in [9.17, 15) is 4.79 Å². The molecule has 98 valence electrons. The summed E-state index contributed by atoms with van der Waals surface area (Å²) in [5.41, 5.74) is 0.131. The normalized spacial score (nSPS) is 14.6. The van der Waals surface area contributed by atoms with Gasteiger partial charge in [-0.2, -0.15) is 0 Å². The highest BCUT2D eigenvalue weighted by molar-refractivity contribution is 6.33. The van der Waals surface area contributed by atoms with E-state index in [1.54, 1.807) is 0 Å². The van der Waals surface area contributed by atoms with Gasteiger partial charge in [0.2, 0.25) is 0 Å². The number of anilines is 1. The van der Waals surface area contributed by atoms with E-state index in [0.29, 0.717) is 10.8 Å². The van der Waals surface area contributed by atoms with Crippen LogP contribution in [0.15, 0.2) is 12.3 Å². The summed E-state index contributed by atoms with van der Waals surface area (Å²) in [5.74, 6) is 0.448. The van der Waals surface area contributed by atoms with Crippen LogP contribution in [-0.2, 0) is 0 Å². The van der Waals surface area contributed by atoms with Crippen molar-refractivity contribution in [3.05, 3.63) is 22.8 Å². The van der Waals surface area contributed by atoms with Gasteiger partial charge in [-0.25, -0.2) is 9.78 Å². The molecule has 0 amide bonds. The van der Waals surface area contributed by atoms with Gasteiger partial charge < -0.3 is 10.0 Å². The Morgan fingerprint density at radius 2 is 2.33 bits per heavy atom. The van der Waals surface area contributed by atoms with Crippen LogP contribution >= 0.6 is 11.6 Å². The van der Waals surface area contributed by atoms with E-state index in [0.717, 1.165) is 25.4 Å². The predicted molar refractivity (Wildman–Crippen MR) is 71.4 cm³/mol. The van der Waals surface area contributed by atoms with Crippen molar-refractivity contribution in [1.29, 1.82) is 0 Å². The van der Waals surface area contributed by atoms with E-state index in [4.69, 9.17) is 16.7 Å². The Labute approximate surface area is 112 Å². The Balaban J connectivity index is 2.20. The predicted octanol–water partition coefficient (Wildman–Crippen LogP) is 3.06. The third-order valence-corrected chi connectivity index (χ3v) is 3.32. The zero-order valence-electron chi connectivity index (χ0n) is 10.4. The zero-order chi connectivity index (χ0) is 13.1. The first-order valence-electron chi connectivity index (χ1n) is 6.25. The van der Waals surface area contributed by atoms with Gasteiger partial charge in [-0.3, -0.25) is 0 Å². The van der Waals surface area contributed by atoms with E-state index in [2.05, 4.69) is 16.8 Å². The second kappa shape index (κ2) is 5.57. The Bertz CT molecular complexity index is 447. The van der Waals surface area contributed by atoms with Crippen molar-refractivity contribution in [3.8, 4) is 0 Å². The summed E-state index contributed by atoms with van der Waals surface area (Å²) >= 11 is 6.14. The molecule has 18 heavy (non-hydrogen) atoms. The molecule has 1 aromatic rings. The van der Waals surface area contributed by atoms with Crippen LogP contribution in [0.2, 0.25) is 5.02 Å².